The topological polar surface area (TPSA) is 75.7 Å². The fraction of sp³-hybridized carbons (Fsp3) is 0.458. The minimum absolute atomic E-state index is 0.122. The first-order chi connectivity index (χ1) is 14.9. The molecule has 176 valence electrons. The van der Waals surface area contributed by atoms with E-state index in [9.17, 15) is 13.2 Å². The highest BCUT2D eigenvalue weighted by Crippen LogP contribution is 2.32. The van der Waals surface area contributed by atoms with Crippen molar-refractivity contribution in [3.05, 3.63) is 58.1 Å². The lowest BCUT2D eigenvalue weighted by Crippen LogP contribution is -2.32. The van der Waals surface area contributed by atoms with Gasteiger partial charge in [0, 0.05) is 18.0 Å². The van der Waals surface area contributed by atoms with Crippen molar-refractivity contribution in [2.45, 2.75) is 52.5 Å². The SMILES string of the molecule is COc1cc(C)c([C@H](C)NC(=O)CCCN(c2ccc(Cl)cc2)S(C)(=O)=O)cc1C(C)C. The zero-order valence-corrected chi connectivity index (χ0v) is 21.2. The van der Waals surface area contributed by atoms with E-state index in [1.807, 2.05) is 19.9 Å². The van der Waals surface area contributed by atoms with Gasteiger partial charge in [-0.15, -0.1) is 0 Å². The van der Waals surface area contributed by atoms with Crippen LogP contribution >= 0.6 is 11.6 Å². The second-order valence-electron chi connectivity index (χ2n) is 8.31. The number of hydrogen-bond donors (Lipinski definition) is 1. The van der Waals surface area contributed by atoms with Gasteiger partial charge in [0.25, 0.3) is 0 Å². The molecule has 0 aliphatic carbocycles. The Bertz CT molecular complexity index is 1040. The Morgan fingerprint density at radius 1 is 1.12 bits per heavy atom. The molecule has 0 saturated carbocycles. The lowest BCUT2D eigenvalue weighted by molar-refractivity contribution is -0.121. The number of methoxy groups -OCH3 is 1. The summed E-state index contributed by atoms with van der Waals surface area (Å²) in [5.41, 5.74) is 3.72. The lowest BCUT2D eigenvalue weighted by atomic mass is 9.93. The average Bonchev–Trinajstić information content (AvgIpc) is 2.70. The van der Waals surface area contributed by atoms with Crippen molar-refractivity contribution in [2.75, 3.05) is 24.2 Å². The molecule has 0 spiro atoms. The highest BCUT2D eigenvalue weighted by atomic mass is 35.5. The van der Waals surface area contributed by atoms with E-state index in [1.54, 1.807) is 31.4 Å². The van der Waals surface area contributed by atoms with Crippen LogP contribution in [-0.2, 0) is 14.8 Å². The van der Waals surface area contributed by atoms with E-state index in [1.165, 1.54) is 4.31 Å². The van der Waals surface area contributed by atoms with Crippen molar-refractivity contribution >= 4 is 33.2 Å². The summed E-state index contributed by atoms with van der Waals surface area (Å²) in [6.07, 6.45) is 1.77. The van der Waals surface area contributed by atoms with Crippen LogP contribution in [0.3, 0.4) is 0 Å². The van der Waals surface area contributed by atoms with Crippen LogP contribution in [0.1, 0.15) is 62.3 Å². The Hall–Kier alpha value is -2.25. The predicted molar refractivity (Wildman–Crippen MR) is 131 cm³/mol. The van der Waals surface area contributed by atoms with E-state index < -0.39 is 10.0 Å². The number of hydrogen-bond acceptors (Lipinski definition) is 4. The van der Waals surface area contributed by atoms with Crippen LogP contribution in [0.2, 0.25) is 5.02 Å². The van der Waals surface area contributed by atoms with Crippen LogP contribution in [0.5, 0.6) is 5.75 Å². The molecule has 0 heterocycles. The normalized spacial score (nSPS) is 12.5. The number of carbonyl (C=O) groups is 1. The predicted octanol–water partition coefficient (Wildman–Crippen LogP) is 5.20. The number of rotatable bonds is 10. The second kappa shape index (κ2) is 11.1. The molecule has 1 N–H and O–H groups in total. The van der Waals surface area contributed by atoms with Crippen LogP contribution in [0.15, 0.2) is 36.4 Å². The third kappa shape index (κ3) is 6.87. The summed E-state index contributed by atoms with van der Waals surface area (Å²) in [5.74, 6) is 1.02. The van der Waals surface area contributed by atoms with E-state index in [2.05, 4.69) is 25.2 Å². The van der Waals surface area contributed by atoms with Crippen molar-refractivity contribution in [3.63, 3.8) is 0 Å². The molecule has 0 aliphatic heterocycles. The molecule has 32 heavy (non-hydrogen) atoms. The molecule has 1 amide bonds. The smallest absolute Gasteiger partial charge is 0.232 e. The number of ether oxygens (including phenoxy) is 1. The largest absolute Gasteiger partial charge is 0.496 e. The molecule has 0 unspecified atom stereocenters. The average molecular weight is 481 g/mol. The van der Waals surface area contributed by atoms with Gasteiger partial charge >= 0.3 is 0 Å². The molecule has 0 saturated heterocycles. The van der Waals surface area contributed by atoms with Gasteiger partial charge in [0.15, 0.2) is 0 Å². The molecule has 2 rings (SSSR count). The van der Waals surface area contributed by atoms with Crippen LogP contribution in [0, 0.1) is 6.92 Å². The maximum atomic E-state index is 12.6. The number of nitrogens with one attached hydrogen (secondary N) is 1. The Morgan fingerprint density at radius 2 is 1.75 bits per heavy atom. The Labute approximate surface area is 197 Å². The number of benzene rings is 2. The van der Waals surface area contributed by atoms with Gasteiger partial charge in [-0.2, -0.15) is 0 Å². The highest BCUT2D eigenvalue weighted by Gasteiger charge is 2.19. The van der Waals surface area contributed by atoms with Crippen LogP contribution < -0.4 is 14.4 Å². The fourth-order valence-electron chi connectivity index (χ4n) is 3.68. The first-order valence-electron chi connectivity index (χ1n) is 10.6. The maximum absolute atomic E-state index is 12.6. The van der Waals surface area contributed by atoms with E-state index >= 15 is 0 Å². The fourth-order valence-corrected chi connectivity index (χ4v) is 4.77. The van der Waals surface area contributed by atoms with E-state index in [0.29, 0.717) is 23.0 Å². The molecule has 0 aromatic heterocycles. The van der Waals surface area contributed by atoms with Gasteiger partial charge in [-0.25, -0.2) is 8.42 Å². The number of amides is 1. The standard InChI is InChI=1S/C24H33ClN2O4S/c1-16(2)21-15-22(17(3)14-23(21)31-5)18(4)26-24(28)8-7-13-27(32(6,29)30)20-11-9-19(25)10-12-20/h9-12,14-16,18H,7-8,13H2,1-6H3,(H,26,28)/t18-/m0/s1. The first kappa shape index (κ1) is 26.0. The van der Waals surface area contributed by atoms with Crippen LogP contribution in [0.25, 0.3) is 0 Å². The molecule has 0 aliphatic rings. The summed E-state index contributed by atoms with van der Waals surface area (Å²) < 4.78 is 31.2. The third-order valence-electron chi connectivity index (χ3n) is 5.36. The third-order valence-corrected chi connectivity index (χ3v) is 6.81. The van der Waals surface area contributed by atoms with Gasteiger partial charge < -0.3 is 10.1 Å². The Balaban J connectivity index is 2.03. The van der Waals surface area contributed by atoms with Crippen molar-refractivity contribution < 1.29 is 17.9 Å². The summed E-state index contributed by atoms with van der Waals surface area (Å²) in [7, 11) is -1.81. The second-order valence-corrected chi connectivity index (χ2v) is 10.7. The monoisotopic (exact) mass is 480 g/mol. The van der Waals surface area contributed by atoms with Gasteiger partial charge in [-0.3, -0.25) is 9.10 Å². The number of aryl methyl sites for hydroxylation is 1. The minimum Gasteiger partial charge on any atom is -0.496 e. The quantitative estimate of drug-likeness (QED) is 0.506. The number of anilines is 1. The molecule has 0 fully saturated rings. The molecule has 2 aromatic carbocycles. The zero-order valence-electron chi connectivity index (χ0n) is 19.6. The minimum atomic E-state index is -3.47. The molecular formula is C24H33ClN2O4S. The van der Waals surface area contributed by atoms with Gasteiger partial charge in [-0.1, -0.05) is 25.4 Å². The summed E-state index contributed by atoms with van der Waals surface area (Å²) in [4.78, 5) is 12.6. The summed E-state index contributed by atoms with van der Waals surface area (Å²) in [6, 6.07) is 10.5. The van der Waals surface area contributed by atoms with Crippen LogP contribution in [-0.4, -0.2) is 34.2 Å². The molecule has 1 atom stereocenters. The Kier molecular flexibility index (Phi) is 8.98. The number of carbonyl (C=O) groups excluding carboxylic acids is 1. The highest BCUT2D eigenvalue weighted by molar-refractivity contribution is 7.92. The maximum Gasteiger partial charge on any atom is 0.232 e. The van der Waals surface area contributed by atoms with Gasteiger partial charge in [0.05, 0.1) is 25.1 Å². The van der Waals surface area contributed by atoms with Gasteiger partial charge in [-0.05, 0) is 79.3 Å². The van der Waals surface area contributed by atoms with E-state index in [4.69, 9.17) is 16.3 Å². The zero-order chi connectivity index (χ0) is 24.1. The Morgan fingerprint density at radius 3 is 2.28 bits per heavy atom. The van der Waals surface area contributed by atoms with Crippen molar-refractivity contribution in [1.29, 1.82) is 0 Å². The number of nitrogens with zero attached hydrogens (tertiary/aromatic N) is 1. The number of halogens is 1. The molecule has 0 bridgehead atoms. The molecule has 8 heteroatoms. The van der Waals surface area contributed by atoms with Gasteiger partial charge in [0.1, 0.15) is 5.75 Å². The summed E-state index contributed by atoms with van der Waals surface area (Å²) >= 11 is 5.90. The molecular weight excluding hydrogens is 448 g/mol. The molecule has 2 aromatic rings. The van der Waals surface area contributed by atoms with Crippen molar-refractivity contribution in [1.82, 2.24) is 5.32 Å². The lowest BCUT2D eigenvalue weighted by Gasteiger charge is -2.23. The molecule has 6 nitrogen and oxygen atoms in total. The van der Waals surface area contributed by atoms with Crippen molar-refractivity contribution in [2.24, 2.45) is 0 Å². The van der Waals surface area contributed by atoms with E-state index in [0.717, 1.165) is 28.7 Å². The van der Waals surface area contributed by atoms with E-state index in [-0.39, 0.29) is 24.9 Å². The van der Waals surface area contributed by atoms with Crippen LogP contribution in [0.4, 0.5) is 5.69 Å². The first-order valence-corrected chi connectivity index (χ1v) is 12.9. The summed E-state index contributed by atoms with van der Waals surface area (Å²) in [6.45, 7) is 8.37. The summed E-state index contributed by atoms with van der Waals surface area (Å²) in [5, 5.41) is 3.57. The van der Waals surface area contributed by atoms with Gasteiger partial charge in [0.2, 0.25) is 15.9 Å². The number of sulfonamides is 1. The van der Waals surface area contributed by atoms with Crippen molar-refractivity contribution in [3.8, 4) is 5.75 Å². The molecule has 0 radical (unpaired) electrons.